The summed E-state index contributed by atoms with van der Waals surface area (Å²) >= 11 is 0. The van der Waals surface area contributed by atoms with Crippen molar-refractivity contribution in [3.63, 3.8) is 0 Å². The molecule has 2 aliphatic rings. The number of amides is 2. The summed E-state index contributed by atoms with van der Waals surface area (Å²) in [6, 6.07) is 6.89. The molecule has 7 nitrogen and oxygen atoms in total. The maximum Gasteiger partial charge on any atom is 0.307 e. The number of likely N-dealkylation sites (tertiary alicyclic amines) is 1. The van der Waals surface area contributed by atoms with Crippen LogP contribution in [0.5, 0.6) is 0 Å². The molecule has 0 aromatic heterocycles. The van der Waals surface area contributed by atoms with E-state index in [9.17, 15) is 19.5 Å². The minimum Gasteiger partial charge on any atom is -0.481 e. The molecule has 1 aromatic carbocycles. The lowest BCUT2D eigenvalue weighted by atomic mass is 9.97. The first-order valence-corrected chi connectivity index (χ1v) is 9.14. The van der Waals surface area contributed by atoms with Crippen molar-refractivity contribution in [1.82, 2.24) is 4.90 Å². The number of halogens is 1. The molecule has 1 aromatic rings. The zero-order valence-electron chi connectivity index (χ0n) is 15.4. The van der Waals surface area contributed by atoms with Crippen LogP contribution in [0.2, 0.25) is 0 Å². The summed E-state index contributed by atoms with van der Waals surface area (Å²) in [5.41, 5.74) is 1.44. The second-order valence-corrected chi connectivity index (χ2v) is 7.04. The highest BCUT2D eigenvalue weighted by atomic mass is 35.5. The normalized spacial score (nSPS) is 21.4. The summed E-state index contributed by atoms with van der Waals surface area (Å²) in [5, 5.41) is 12.1. The van der Waals surface area contributed by atoms with E-state index in [2.05, 4.69) is 5.32 Å². The number of piperidine rings is 1. The first-order valence-electron chi connectivity index (χ1n) is 9.14. The van der Waals surface area contributed by atoms with Gasteiger partial charge in [-0.25, -0.2) is 0 Å². The second-order valence-electron chi connectivity index (χ2n) is 7.04. The Morgan fingerprint density at radius 1 is 1.26 bits per heavy atom. The van der Waals surface area contributed by atoms with Gasteiger partial charge in [0.2, 0.25) is 11.8 Å². The third-order valence-electron chi connectivity index (χ3n) is 5.23. The lowest BCUT2D eigenvalue weighted by Gasteiger charge is -2.34. The molecule has 2 saturated heterocycles. The zero-order chi connectivity index (χ0) is 18.7. The van der Waals surface area contributed by atoms with Crippen LogP contribution in [0.4, 0.5) is 11.4 Å². The molecule has 148 valence electrons. The Morgan fingerprint density at radius 3 is 2.70 bits per heavy atom. The fraction of sp³-hybridized carbons (Fsp3) is 0.526. The number of hydrogen-bond acceptors (Lipinski definition) is 4. The predicted octanol–water partition coefficient (Wildman–Crippen LogP) is 2.36. The molecule has 0 radical (unpaired) electrons. The van der Waals surface area contributed by atoms with Crippen LogP contribution in [0.25, 0.3) is 0 Å². The molecule has 2 fully saturated rings. The van der Waals surface area contributed by atoms with Crippen LogP contribution in [0.15, 0.2) is 24.3 Å². The number of anilines is 2. The van der Waals surface area contributed by atoms with Crippen molar-refractivity contribution in [3.05, 3.63) is 24.3 Å². The largest absolute Gasteiger partial charge is 0.481 e. The van der Waals surface area contributed by atoms with Crippen molar-refractivity contribution < 1.29 is 19.5 Å². The Balaban J connectivity index is 0.00000261. The van der Waals surface area contributed by atoms with Crippen LogP contribution in [-0.4, -0.2) is 53.5 Å². The van der Waals surface area contributed by atoms with Gasteiger partial charge in [-0.15, -0.1) is 12.4 Å². The molecular weight excluding hydrogens is 370 g/mol. The van der Waals surface area contributed by atoms with Gasteiger partial charge in [-0.1, -0.05) is 6.07 Å². The van der Waals surface area contributed by atoms with Gasteiger partial charge >= 0.3 is 5.97 Å². The zero-order valence-corrected chi connectivity index (χ0v) is 16.2. The first-order chi connectivity index (χ1) is 12.5. The predicted molar refractivity (Wildman–Crippen MR) is 105 cm³/mol. The average molecular weight is 396 g/mol. The van der Waals surface area contributed by atoms with Crippen molar-refractivity contribution in [3.8, 4) is 0 Å². The van der Waals surface area contributed by atoms with E-state index in [0.29, 0.717) is 31.6 Å². The number of nitrogens with one attached hydrogen (secondary N) is 1. The van der Waals surface area contributed by atoms with Crippen molar-refractivity contribution in [2.75, 3.05) is 29.9 Å². The SMILES string of the molecule is CC(C(=O)Nc1cccc(N2CCCC2=O)c1)N1CCCC(C(=O)O)C1.Cl. The van der Waals surface area contributed by atoms with Gasteiger partial charge in [-0.2, -0.15) is 0 Å². The lowest BCUT2D eigenvalue weighted by Crippen LogP contribution is -2.48. The topological polar surface area (TPSA) is 90.0 Å². The number of carboxylic acids is 1. The molecule has 2 unspecified atom stereocenters. The van der Waals surface area contributed by atoms with Crippen LogP contribution in [0, 0.1) is 5.92 Å². The van der Waals surface area contributed by atoms with E-state index in [4.69, 9.17) is 0 Å². The van der Waals surface area contributed by atoms with Gasteiger partial charge in [-0.3, -0.25) is 19.3 Å². The standard InChI is InChI=1S/C19H25N3O4.ClH/c1-13(21-9-3-5-14(12-21)19(25)26)18(24)20-15-6-2-7-16(11-15)22-10-4-8-17(22)23;/h2,6-7,11,13-14H,3-5,8-10,12H2,1H3,(H,20,24)(H,25,26);1H. The fourth-order valence-corrected chi connectivity index (χ4v) is 3.64. The van der Waals surface area contributed by atoms with E-state index >= 15 is 0 Å². The van der Waals surface area contributed by atoms with E-state index in [-0.39, 0.29) is 24.2 Å². The van der Waals surface area contributed by atoms with E-state index in [1.54, 1.807) is 17.9 Å². The van der Waals surface area contributed by atoms with E-state index in [0.717, 1.165) is 25.1 Å². The van der Waals surface area contributed by atoms with Gasteiger partial charge in [0.1, 0.15) is 0 Å². The van der Waals surface area contributed by atoms with Gasteiger partial charge in [0.25, 0.3) is 0 Å². The molecule has 2 heterocycles. The van der Waals surface area contributed by atoms with Gasteiger partial charge in [0.05, 0.1) is 12.0 Å². The number of carbonyl (C=O) groups excluding carboxylic acids is 2. The molecule has 0 aliphatic carbocycles. The molecule has 3 rings (SSSR count). The summed E-state index contributed by atoms with van der Waals surface area (Å²) in [4.78, 5) is 39.4. The molecule has 2 aliphatic heterocycles. The highest BCUT2D eigenvalue weighted by Gasteiger charge is 2.30. The molecule has 2 amide bonds. The third kappa shape index (κ3) is 4.99. The molecular formula is C19H26ClN3O4. The lowest BCUT2D eigenvalue weighted by molar-refractivity contribution is -0.144. The summed E-state index contributed by atoms with van der Waals surface area (Å²) in [5.74, 6) is -1.27. The van der Waals surface area contributed by atoms with Crippen molar-refractivity contribution in [2.24, 2.45) is 5.92 Å². The Kier molecular flexibility index (Phi) is 7.21. The van der Waals surface area contributed by atoms with E-state index < -0.39 is 17.9 Å². The minimum absolute atomic E-state index is 0. The summed E-state index contributed by atoms with van der Waals surface area (Å²) in [6.45, 7) is 3.62. The Morgan fingerprint density at radius 2 is 2.04 bits per heavy atom. The number of benzene rings is 1. The summed E-state index contributed by atoms with van der Waals surface area (Å²) < 4.78 is 0. The van der Waals surface area contributed by atoms with E-state index in [1.165, 1.54) is 0 Å². The van der Waals surface area contributed by atoms with Gasteiger partial charge in [0, 0.05) is 30.9 Å². The van der Waals surface area contributed by atoms with Gasteiger partial charge in [0.15, 0.2) is 0 Å². The number of nitrogens with zero attached hydrogens (tertiary/aromatic N) is 2. The molecule has 0 spiro atoms. The molecule has 2 N–H and O–H groups in total. The Hall–Kier alpha value is -2.12. The highest BCUT2D eigenvalue weighted by molar-refractivity contribution is 5.98. The Labute approximate surface area is 165 Å². The third-order valence-corrected chi connectivity index (χ3v) is 5.23. The first kappa shape index (κ1) is 21.2. The minimum atomic E-state index is -0.801. The number of aliphatic carboxylic acids is 1. The quantitative estimate of drug-likeness (QED) is 0.798. The second kappa shape index (κ2) is 9.19. The molecule has 0 bridgehead atoms. The number of rotatable bonds is 5. The van der Waals surface area contributed by atoms with Crippen molar-refractivity contribution >= 4 is 41.6 Å². The number of hydrogen-bond donors (Lipinski definition) is 2. The maximum absolute atomic E-state index is 12.6. The van der Waals surface area contributed by atoms with Crippen LogP contribution < -0.4 is 10.2 Å². The number of carbonyl (C=O) groups is 3. The maximum atomic E-state index is 12.6. The number of carboxylic acid groups (broad SMARTS) is 1. The molecule has 0 saturated carbocycles. The molecule has 27 heavy (non-hydrogen) atoms. The monoisotopic (exact) mass is 395 g/mol. The van der Waals surface area contributed by atoms with Crippen LogP contribution in [-0.2, 0) is 14.4 Å². The van der Waals surface area contributed by atoms with E-state index in [1.807, 2.05) is 23.1 Å². The average Bonchev–Trinajstić information content (AvgIpc) is 3.07. The fourth-order valence-electron chi connectivity index (χ4n) is 3.64. The van der Waals surface area contributed by atoms with Gasteiger partial charge < -0.3 is 15.3 Å². The van der Waals surface area contributed by atoms with Crippen molar-refractivity contribution in [2.45, 2.75) is 38.6 Å². The van der Waals surface area contributed by atoms with Crippen LogP contribution >= 0.6 is 12.4 Å². The molecule has 2 atom stereocenters. The highest BCUT2D eigenvalue weighted by Crippen LogP contribution is 2.25. The Bertz CT molecular complexity index is 712. The van der Waals surface area contributed by atoms with Crippen LogP contribution in [0.3, 0.4) is 0 Å². The molecule has 8 heteroatoms. The summed E-state index contributed by atoms with van der Waals surface area (Å²) in [6.07, 6.45) is 2.85. The van der Waals surface area contributed by atoms with Crippen molar-refractivity contribution in [1.29, 1.82) is 0 Å². The van der Waals surface area contributed by atoms with Gasteiger partial charge in [-0.05, 0) is 50.9 Å². The van der Waals surface area contributed by atoms with Crippen LogP contribution in [0.1, 0.15) is 32.6 Å². The smallest absolute Gasteiger partial charge is 0.307 e. The summed E-state index contributed by atoms with van der Waals surface area (Å²) in [7, 11) is 0.